The van der Waals surface area contributed by atoms with Crippen molar-refractivity contribution in [1.29, 1.82) is 0 Å². The minimum atomic E-state index is -0.819. The zero-order valence-electron chi connectivity index (χ0n) is 7.99. The Balaban J connectivity index is 4.18. The third-order valence-corrected chi connectivity index (χ3v) is 1.91. The van der Waals surface area contributed by atoms with Crippen molar-refractivity contribution in [3.8, 4) is 0 Å². The van der Waals surface area contributed by atoms with Crippen LogP contribution in [0.1, 0.15) is 19.8 Å². The number of carboxylic acid groups (broad SMARTS) is 1. The summed E-state index contributed by atoms with van der Waals surface area (Å²) in [4.78, 5) is 12.8. The lowest BCUT2D eigenvalue weighted by Crippen LogP contribution is -2.42. The number of carbonyl (C=O) groups is 1. The van der Waals surface area contributed by atoms with Gasteiger partial charge >= 0.3 is 5.97 Å². The van der Waals surface area contributed by atoms with Crippen molar-refractivity contribution in [2.45, 2.75) is 25.8 Å². The van der Waals surface area contributed by atoms with Gasteiger partial charge < -0.3 is 10.8 Å². The number of aliphatic carboxylic acids is 1. The highest BCUT2D eigenvalue weighted by atomic mass is 32.1. The van der Waals surface area contributed by atoms with Crippen molar-refractivity contribution in [2.75, 3.05) is 13.6 Å². The molecule has 0 aromatic heterocycles. The lowest BCUT2D eigenvalue weighted by atomic mass is 10.1. The molecule has 5 heteroatoms. The minimum Gasteiger partial charge on any atom is -0.480 e. The Labute approximate surface area is 83.7 Å². The van der Waals surface area contributed by atoms with E-state index in [1.54, 1.807) is 11.9 Å². The van der Waals surface area contributed by atoms with E-state index < -0.39 is 12.0 Å². The van der Waals surface area contributed by atoms with E-state index in [1.165, 1.54) is 0 Å². The van der Waals surface area contributed by atoms with Gasteiger partial charge in [0.25, 0.3) is 0 Å². The molecule has 1 atom stereocenters. The van der Waals surface area contributed by atoms with Crippen molar-refractivity contribution >= 4 is 23.2 Å². The lowest BCUT2D eigenvalue weighted by molar-refractivity contribution is -0.142. The van der Waals surface area contributed by atoms with Gasteiger partial charge in [0.1, 0.15) is 6.04 Å². The average Bonchev–Trinajstić information content (AvgIpc) is 1.97. The molecule has 76 valence electrons. The highest BCUT2D eigenvalue weighted by Gasteiger charge is 2.21. The normalized spacial score (nSPS) is 12.8. The fraction of sp³-hybridized carbons (Fsp3) is 0.750. The Kier molecular flexibility index (Phi) is 5.57. The predicted molar refractivity (Wildman–Crippen MR) is 55.7 cm³/mol. The van der Waals surface area contributed by atoms with Gasteiger partial charge in [-0.3, -0.25) is 9.69 Å². The maximum absolute atomic E-state index is 10.8. The number of hydrogen-bond acceptors (Lipinski definition) is 3. The van der Waals surface area contributed by atoms with Crippen LogP contribution in [-0.4, -0.2) is 40.6 Å². The molecule has 0 aliphatic rings. The third kappa shape index (κ3) is 4.80. The van der Waals surface area contributed by atoms with Gasteiger partial charge in [-0.1, -0.05) is 25.6 Å². The van der Waals surface area contributed by atoms with Gasteiger partial charge in [0.2, 0.25) is 0 Å². The molecule has 0 aliphatic carbocycles. The van der Waals surface area contributed by atoms with Crippen LogP contribution in [0.5, 0.6) is 0 Å². The Hall–Kier alpha value is -0.680. The van der Waals surface area contributed by atoms with Gasteiger partial charge in [0.15, 0.2) is 0 Å². The SMILES string of the molecule is CCCC(C(=O)O)N(C)CC(N)=S. The van der Waals surface area contributed by atoms with E-state index in [0.717, 1.165) is 6.42 Å². The van der Waals surface area contributed by atoms with E-state index in [-0.39, 0.29) is 0 Å². The van der Waals surface area contributed by atoms with Gasteiger partial charge in [-0.2, -0.15) is 0 Å². The smallest absolute Gasteiger partial charge is 0.320 e. The van der Waals surface area contributed by atoms with Gasteiger partial charge in [0.05, 0.1) is 4.99 Å². The summed E-state index contributed by atoms with van der Waals surface area (Å²) in [5, 5.41) is 8.86. The quantitative estimate of drug-likeness (QED) is 0.615. The summed E-state index contributed by atoms with van der Waals surface area (Å²) in [6.07, 6.45) is 1.45. The summed E-state index contributed by atoms with van der Waals surface area (Å²) < 4.78 is 0. The molecule has 0 bridgehead atoms. The van der Waals surface area contributed by atoms with Gasteiger partial charge in [-0.25, -0.2) is 0 Å². The van der Waals surface area contributed by atoms with E-state index in [0.29, 0.717) is 18.0 Å². The molecule has 0 rings (SSSR count). The Morgan fingerprint density at radius 1 is 1.69 bits per heavy atom. The second kappa shape index (κ2) is 5.88. The summed E-state index contributed by atoms with van der Waals surface area (Å²) in [5.41, 5.74) is 5.32. The Morgan fingerprint density at radius 3 is 2.54 bits per heavy atom. The van der Waals surface area contributed by atoms with Crippen LogP contribution in [0.15, 0.2) is 0 Å². The molecule has 1 unspecified atom stereocenters. The van der Waals surface area contributed by atoms with Crippen LogP contribution in [0.25, 0.3) is 0 Å². The summed E-state index contributed by atoms with van der Waals surface area (Å²) in [7, 11) is 1.72. The van der Waals surface area contributed by atoms with Crippen LogP contribution < -0.4 is 5.73 Å². The lowest BCUT2D eigenvalue weighted by Gasteiger charge is -2.23. The summed E-state index contributed by atoms with van der Waals surface area (Å²) >= 11 is 4.70. The standard InChI is InChI=1S/C8H16N2O2S/c1-3-4-6(8(11)12)10(2)5-7(9)13/h6H,3-5H2,1-2H3,(H2,9,13)(H,11,12). The van der Waals surface area contributed by atoms with E-state index in [2.05, 4.69) is 0 Å². The van der Waals surface area contributed by atoms with Gasteiger partial charge in [0, 0.05) is 6.54 Å². The molecule has 0 radical (unpaired) electrons. The van der Waals surface area contributed by atoms with E-state index >= 15 is 0 Å². The van der Waals surface area contributed by atoms with Crippen LogP contribution >= 0.6 is 12.2 Å². The molecule has 3 N–H and O–H groups in total. The van der Waals surface area contributed by atoms with Gasteiger partial charge in [-0.15, -0.1) is 0 Å². The fourth-order valence-corrected chi connectivity index (χ4v) is 1.37. The first-order valence-corrected chi connectivity index (χ1v) is 4.61. The first-order valence-electron chi connectivity index (χ1n) is 4.20. The van der Waals surface area contributed by atoms with Crippen LogP contribution in [0, 0.1) is 0 Å². The van der Waals surface area contributed by atoms with E-state index in [9.17, 15) is 4.79 Å². The summed E-state index contributed by atoms with van der Waals surface area (Å²) in [5.74, 6) is -0.819. The molecule has 0 amide bonds. The van der Waals surface area contributed by atoms with Gasteiger partial charge in [-0.05, 0) is 13.5 Å². The zero-order valence-corrected chi connectivity index (χ0v) is 8.80. The molecular weight excluding hydrogens is 188 g/mol. The fourth-order valence-electron chi connectivity index (χ4n) is 1.16. The molecule has 0 fully saturated rings. The number of nitrogens with two attached hydrogens (primary N) is 1. The van der Waals surface area contributed by atoms with Crippen molar-refractivity contribution in [2.24, 2.45) is 5.73 Å². The van der Waals surface area contributed by atoms with Crippen molar-refractivity contribution < 1.29 is 9.90 Å². The number of hydrogen-bond donors (Lipinski definition) is 2. The van der Waals surface area contributed by atoms with Crippen molar-refractivity contribution in [3.63, 3.8) is 0 Å². The van der Waals surface area contributed by atoms with Crippen LogP contribution in [-0.2, 0) is 4.79 Å². The maximum Gasteiger partial charge on any atom is 0.320 e. The molecular formula is C8H16N2O2S. The van der Waals surface area contributed by atoms with Crippen molar-refractivity contribution in [3.05, 3.63) is 0 Å². The maximum atomic E-state index is 10.8. The molecule has 4 nitrogen and oxygen atoms in total. The minimum absolute atomic E-state index is 0.324. The second-order valence-corrected chi connectivity index (χ2v) is 3.55. The van der Waals surface area contributed by atoms with Crippen LogP contribution in [0.2, 0.25) is 0 Å². The molecule has 0 saturated heterocycles. The summed E-state index contributed by atoms with van der Waals surface area (Å²) in [6.45, 7) is 2.30. The van der Waals surface area contributed by atoms with E-state index in [1.807, 2.05) is 6.92 Å². The van der Waals surface area contributed by atoms with E-state index in [4.69, 9.17) is 23.1 Å². The highest BCUT2D eigenvalue weighted by Crippen LogP contribution is 2.04. The molecule has 0 aliphatic heterocycles. The van der Waals surface area contributed by atoms with Crippen molar-refractivity contribution in [1.82, 2.24) is 4.90 Å². The number of rotatable bonds is 6. The highest BCUT2D eigenvalue weighted by molar-refractivity contribution is 7.80. The Morgan fingerprint density at radius 2 is 2.23 bits per heavy atom. The average molecular weight is 204 g/mol. The first kappa shape index (κ1) is 12.3. The molecule has 0 saturated carbocycles. The molecule has 0 heterocycles. The molecule has 0 spiro atoms. The number of nitrogens with zero attached hydrogens (tertiary/aromatic N) is 1. The number of carboxylic acids is 1. The zero-order chi connectivity index (χ0) is 10.4. The molecule has 0 aromatic rings. The molecule has 13 heavy (non-hydrogen) atoms. The Bertz CT molecular complexity index is 197. The first-order chi connectivity index (χ1) is 5.99. The number of likely N-dealkylation sites (N-methyl/N-ethyl adjacent to an activating group) is 1. The monoisotopic (exact) mass is 204 g/mol. The number of thiocarbonyl (C=S) groups is 1. The molecule has 0 aromatic carbocycles. The predicted octanol–water partition coefficient (Wildman–Crippen LogP) is 0.458. The third-order valence-electron chi connectivity index (χ3n) is 1.78. The largest absolute Gasteiger partial charge is 0.480 e. The van der Waals surface area contributed by atoms with Crippen LogP contribution in [0.3, 0.4) is 0 Å². The van der Waals surface area contributed by atoms with Crippen LogP contribution in [0.4, 0.5) is 0 Å². The topological polar surface area (TPSA) is 66.6 Å². The summed E-state index contributed by atoms with van der Waals surface area (Å²) in [6, 6.07) is -0.480. The second-order valence-electron chi connectivity index (χ2n) is 3.02.